The highest BCUT2D eigenvalue weighted by molar-refractivity contribution is 5.85. The van der Waals surface area contributed by atoms with Crippen molar-refractivity contribution in [2.75, 3.05) is 13.1 Å². The molecule has 0 bridgehead atoms. The second-order valence-electron chi connectivity index (χ2n) is 3.80. The van der Waals surface area contributed by atoms with Gasteiger partial charge in [0, 0.05) is 13.1 Å². The topological polar surface area (TPSA) is 47.3 Å². The highest BCUT2D eigenvalue weighted by Crippen LogP contribution is 2.29. The lowest BCUT2D eigenvalue weighted by Crippen LogP contribution is -2.50. The van der Waals surface area contributed by atoms with Gasteiger partial charge in [0.1, 0.15) is 11.9 Å². The van der Waals surface area contributed by atoms with Gasteiger partial charge in [-0.05, 0) is 19.1 Å². The summed E-state index contributed by atoms with van der Waals surface area (Å²) in [7, 11) is 0. The zero-order chi connectivity index (χ0) is 10.3. The van der Waals surface area contributed by atoms with Gasteiger partial charge in [0.2, 0.25) is 0 Å². The van der Waals surface area contributed by atoms with Crippen molar-refractivity contribution in [3.05, 3.63) is 23.9 Å². The molecule has 0 radical (unpaired) electrons. The molecule has 0 aliphatic carbocycles. The van der Waals surface area contributed by atoms with Crippen molar-refractivity contribution in [1.29, 1.82) is 0 Å². The summed E-state index contributed by atoms with van der Waals surface area (Å²) in [5.74, 6) is 0.873. The first-order valence-corrected chi connectivity index (χ1v) is 5.07. The number of hydrogen-bond donors (Lipinski definition) is 1. The molecule has 78 valence electrons. The second-order valence-corrected chi connectivity index (χ2v) is 3.80. The van der Waals surface area contributed by atoms with Crippen LogP contribution in [0.1, 0.15) is 5.69 Å². The first-order chi connectivity index (χ1) is 7.34. The van der Waals surface area contributed by atoms with E-state index >= 15 is 0 Å². The van der Waals surface area contributed by atoms with Crippen LogP contribution in [-0.2, 0) is 0 Å². The highest BCUT2D eigenvalue weighted by Gasteiger charge is 2.20. The number of rotatable bonds is 2. The fourth-order valence-corrected chi connectivity index (χ4v) is 1.73. The molecule has 1 saturated heterocycles. The SMILES string of the molecule is Cc1noc2cccc(OC3CNC3)c12. The first-order valence-electron chi connectivity index (χ1n) is 5.07. The maximum absolute atomic E-state index is 5.84. The molecule has 1 aliphatic rings. The number of aryl methyl sites for hydroxylation is 1. The van der Waals surface area contributed by atoms with Crippen LogP contribution in [0.4, 0.5) is 0 Å². The van der Waals surface area contributed by atoms with Crippen molar-refractivity contribution in [2.24, 2.45) is 0 Å². The fraction of sp³-hybridized carbons (Fsp3) is 0.364. The van der Waals surface area contributed by atoms with Crippen molar-refractivity contribution in [2.45, 2.75) is 13.0 Å². The number of ether oxygens (including phenoxy) is 1. The lowest BCUT2D eigenvalue weighted by molar-refractivity contribution is 0.144. The summed E-state index contributed by atoms with van der Waals surface area (Å²) in [4.78, 5) is 0. The third-order valence-electron chi connectivity index (χ3n) is 2.67. The van der Waals surface area contributed by atoms with Gasteiger partial charge < -0.3 is 14.6 Å². The molecule has 0 unspecified atom stereocenters. The summed E-state index contributed by atoms with van der Waals surface area (Å²) in [6, 6.07) is 5.79. The average Bonchev–Trinajstić information content (AvgIpc) is 2.55. The van der Waals surface area contributed by atoms with Gasteiger partial charge in [-0.2, -0.15) is 0 Å². The Morgan fingerprint density at radius 2 is 2.33 bits per heavy atom. The van der Waals surface area contributed by atoms with Crippen LogP contribution in [-0.4, -0.2) is 24.4 Å². The van der Waals surface area contributed by atoms with Crippen LogP contribution in [0.5, 0.6) is 5.75 Å². The summed E-state index contributed by atoms with van der Waals surface area (Å²) >= 11 is 0. The monoisotopic (exact) mass is 204 g/mol. The van der Waals surface area contributed by atoms with Crippen LogP contribution in [0.15, 0.2) is 22.7 Å². The minimum Gasteiger partial charge on any atom is -0.487 e. The molecular formula is C11H12N2O2. The van der Waals surface area contributed by atoms with E-state index in [2.05, 4.69) is 10.5 Å². The van der Waals surface area contributed by atoms with Gasteiger partial charge in [-0.25, -0.2) is 0 Å². The predicted molar refractivity (Wildman–Crippen MR) is 56.0 cm³/mol. The molecule has 15 heavy (non-hydrogen) atoms. The second kappa shape index (κ2) is 3.24. The Labute approximate surface area is 87.2 Å². The minimum atomic E-state index is 0.282. The van der Waals surface area contributed by atoms with E-state index in [1.807, 2.05) is 25.1 Å². The number of nitrogens with one attached hydrogen (secondary N) is 1. The number of nitrogens with zero attached hydrogens (tertiary/aromatic N) is 1. The molecule has 0 spiro atoms. The minimum absolute atomic E-state index is 0.282. The van der Waals surface area contributed by atoms with Crippen LogP contribution in [0.2, 0.25) is 0 Å². The maximum Gasteiger partial charge on any atom is 0.170 e. The highest BCUT2D eigenvalue weighted by atomic mass is 16.5. The number of hydrogen-bond acceptors (Lipinski definition) is 4. The van der Waals surface area contributed by atoms with Gasteiger partial charge in [0.25, 0.3) is 0 Å². The van der Waals surface area contributed by atoms with Crippen LogP contribution >= 0.6 is 0 Å². The first kappa shape index (κ1) is 8.73. The molecule has 0 saturated carbocycles. The van der Waals surface area contributed by atoms with Crippen LogP contribution in [0.25, 0.3) is 11.0 Å². The predicted octanol–water partition coefficient (Wildman–Crippen LogP) is 1.49. The Bertz CT molecular complexity index is 488. The van der Waals surface area contributed by atoms with Gasteiger partial charge in [-0.3, -0.25) is 0 Å². The molecule has 1 aromatic carbocycles. The summed E-state index contributed by atoms with van der Waals surface area (Å²) < 4.78 is 11.0. The fourth-order valence-electron chi connectivity index (χ4n) is 1.73. The summed E-state index contributed by atoms with van der Waals surface area (Å²) in [6.45, 7) is 3.76. The number of aromatic nitrogens is 1. The van der Waals surface area contributed by atoms with Crippen molar-refractivity contribution in [3.8, 4) is 5.75 Å². The van der Waals surface area contributed by atoms with E-state index in [1.165, 1.54) is 0 Å². The quantitative estimate of drug-likeness (QED) is 0.805. The molecule has 2 aromatic rings. The summed E-state index contributed by atoms with van der Waals surface area (Å²) in [6.07, 6.45) is 0.282. The van der Waals surface area contributed by atoms with Crippen LogP contribution in [0.3, 0.4) is 0 Å². The Morgan fingerprint density at radius 3 is 3.07 bits per heavy atom. The van der Waals surface area contributed by atoms with Gasteiger partial charge in [-0.15, -0.1) is 0 Å². The van der Waals surface area contributed by atoms with E-state index in [1.54, 1.807) is 0 Å². The molecule has 2 heterocycles. The molecule has 0 amide bonds. The zero-order valence-corrected chi connectivity index (χ0v) is 8.49. The van der Waals surface area contributed by atoms with Crippen LogP contribution in [0, 0.1) is 6.92 Å². The van der Waals surface area contributed by atoms with E-state index < -0.39 is 0 Å². The lowest BCUT2D eigenvalue weighted by atomic mass is 10.2. The Hall–Kier alpha value is -1.55. The molecule has 4 heteroatoms. The van der Waals surface area contributed by atoms with E-state index in [4.69, 9.17) is 9.26 Å². The Morgan fingerprint density at radius 1 is 1.47 bits per heavy atom. The summed E-state index contributed by atoms with van der Waals surface area (Å²) in [5.41, 5.74) is 1.67. The van der Waals surface area contributed by atoms with Crippen molar-refractivity contribution < 1.29 is 9.26 Å². The molecule has 0 atom stereocenters. The molecule has 1 fully saturated rings. The number of fused-ring (bicyclic) bond motifs is 1. The molecule has 1 aromatic heterocycles. The smallest absolute Gasteiger partial charge is 0.170 e. The van der Waals surface area contributed by atoms with Gasteiger partial charge in [0.15, 0.2) is 5.58 Å². The largest absolute Gasteiger partial charge is 0.487 e. The molecule has 4 nitrogen and oxygen atoms in total. The molecule has 1 aliphatic heterocycles. The normalized spacial score (nSPS) is 16.6. The van der Waals surface area contributed by atoms with E-state index in [0.29, 0.717) is 0 Å². The Balaban J connectivity index is 2.04. The zero-order valence-electron chi connectivity index (χ0n) is 8.49. The van der Waals surface area contributed by atoms with Gasteiger partial charge in [-0.1, -0.05) is 11.2 Å². The van der Waals surface area contributed by atoms with E-state index in [9.17, 15) is 0 Å². The van der Waals surface area contributed by atoms with Crippen molar-refractivity contribution >= 4 is 11.0 Å². The van der Waals surface area contributed by atoms with Gasteiger partial charge in [0.05, 0.1) is 11.1 Å². The Kier molecular flexibility index (Phi) is 1.89. The third-order valence-corrected chi connectivity index (χ3v) is 2.67. The van der Waals surface area contributed by atoms with Gasteiger partial charge >= 0.3 is 0 Å². The lowest BCUT2D eigenvalue weighted by Gasteiger charge is -2.27. The van der Waals surface area contributed by atoms with Crippen LogP contribution < -0.4 is 10.1 Å². The average molecular weight is 204 g/mol. The van der Waals surface area contributed by atoms with E-state index in [-0.39, 0.29) is 6.10 Å². The third kappa shape index (κ3) is 1.37. The molecule has 3 rings (SSSR count). The maximum atomic E-state index is 5.84. The van der Waals surface area contributed by atoms with Crippen molar-refractivity contribution in [3.63, 3.8) is 0 Å². The van der Waals surface area contributed by atoms with Crippen molar-refractivity contribution in [1.82, 2.24) is 10.5 Å². The molecule has 1 N–H and O–H groups in total. The molecular weight excluding hydrogens is 192 g/mol. The standard InChI is InChI=1S/C11H12N2O2/c1-7-11-9(14-8-5-12-6-8)3-2-4-10(11)15-13-7/h2-4,8,12H,5-6H2,1H3. The summed E-state index contributed by atoms with van der Waals surface area (Å²) in [5, 5.41) is 8.10. The number of benzene rings is 1. The van der Waals surface area contributed by atoms with E-state index in [0.717, 1.165) is 35.5 Å².